The highest BCUT2D eigenvalue weighted by Gasteiger charge is 2.16. The Morgan fingerprint density at radius 2 is 1.29 bits per heavy atom. The molecular formula is C22H15BrN2O2S. The van der Waals surface area contributed by atoms with Gasteiger partial charge in [0.05, 0.1) is 0 Å². The van der Waals surface area contributed by atoms with E-state index in [1.54, 1.807) is 36.4 Å². The van der Waals surface area contributed by atoms with E-state index in [1.165, 1.54) is 11.3 Å². The number of rotatable bonds is 4. The molecule has 0 radical (unpaired) electrons. The van der Waals surface area contributed by atoms with Gasteiger partial charge in [0, 0.05) is 31.5 Å². The van der Waals surface area contributed by atoms with Crippen molar-refractivity contribution in [2.75, 3.05) is 10.6 Å². The number of hydrogen-bond donors (Lipinski definition) is 2. The summed E-state index contributed by atoms with van der Waals surface area (Å²) < 4.78 is 1.86. The quantitative estimate of drug-likeness (QED) is 0.390. The number of fused-ring (bicyclic) bond motifs is 1. The predicted molar refractivity (Wildman–Crippen MR) is 118 cm³/mol. The number of anilines is 2. The Morgan fingerprint density at radius 3 is 1.93 bits per heavy atom. The van der Waals surface area contributed by atoms with E-state index in [0.29, 0.717) is 21.8 Å². The fraction of sp³-hybridized carbons (Fsp3) is 0. The molecule has 0 aliphatic carbocycles. The summed E-state index contributed by atoms with van der Waals surface area (Å²) in [4.78, 5) is 25.5. The lowest BCUT2D eigenvalue weighted by atomic mass is 10.2. The van der Waals surface area contributed by atoms with E-state index in [4.69, 9.17) is 0 Å². The maximum atomic E-state index is 12.7. The molecule has 0 bridgehead atoms. The van der Waals surface area contributed by atoms with Crippen LogP contribution in [0.4, 0.5) is 11.4 Å². The second-order valence-electron chi connectivity index (χ2n) is 6.09. The highest BCUT2D eigenvalue weighted by atomic mass is 79.9. The molecule has 4 nitrogen and oxygen atoms in total. The van der Waals surface area contributed by atoms with E-state index in [2.05, 4.69) is 26.6 Å². The van der Waals surface area contributed by atoms with Crippen LogP contribution in [0.15, 0.2) is 83.3 Å². The van der Waals surface area contributed by atoms with Crippen molar-refractivity contribution < 1.29 is 9.59 Å². The summed E-state index contributed by atoms with van der Waals surface area (Å²) in [7, 11) is 0. The van der Waals surface area contributed by atoms with Gasteiger partial charge in [0.1, 0.15) is 4.88 Å². The molecule has 1 heterocycles. The molecule has 3 aromatic carbocycles. The average Bonchev–Trinajstić information content (AvgIpc) is 3.07. The Hall–Kier alpha value is -2.96. The van der Waals surface area contributed by atoms with Gasteiger partial charge in [0.2, 0.25) is 0 Å². The second-order valence-corrected chi connectivity index (χ2v) is 7.94. The van der Waals surface area contributed by atoms with Gasteiger partial charge < -0.3 is 10.6 Å². The Bertz CT molecular complexity index is 1150. The van der Waals surface area contributed by atoms with E-state index >= 15 is 0 Å². The normalized spacial score (nSPS) is 10.6. The van der Waals surface area contributed by atoms with Crippen LogP contribution in [0, 0.1) is 0 Å². The van der Waals surface area contributed by atoms with Crippen molar-refractivity contribution in [1.82, 2.24) is 0 Å². The fourth-order valence-corrected chi connectivity index (χ4v) is 4.67. The van der Waals surface area contributed by atoms with Crippen LogP contribution < -0.4 is 10.6 Å². The van der Waals surface area contributed by atoms with Gasteiger partial charge >= 0.3 is 0 Å². The maximum absolute atomic E-state index is 12.7. The molecule has 4 aromatic rings. The summed E-state index contributed by atoms with van der Waals surface area (Å²) in [5.74, 6) is -0.347. The van der Waals surface area contributed by atoms with Crippen LogP contribution in [0.5, 0.6) is 0 Å². The Labute approximate surface area is 174 Å². The van der Waals surface area contributed by atoms with Crippen LogP contribution in [0.25, 0.3) is 10.1 Å². The van der Waals surface area contributed by atoms with Crippen molar-refractivity contribution in [2.24, 2.45) is 0 Å². The molecule has 2 amide bonds. The minimum absolute atomic E-state index is 0.172. The van der Waals surface area contributed by atoms with Crippen molar-refractivity contribution in [2.45, 2.75) is 0 Å². The number of carbonyl (C=O) groups excluding carboxylic acids is 2. The minimum Gasteiger partial charge on any atom is -0.322 e. The molecule has 0 saturated carbocycles. The van der Waals surface area contributed by atoms with E-state index in [9.17, 15) is 9.59 Å². The third-order valence-corrected chi connectivity index (χ3v) is 6.43. The first-order valence-electron chi connectivity index (χ1n) is 8.56. The molecule has 1 aromatic heterocycles. The summed E-state index contributed by atoms with van der Waals surface area (Å²) in [6, 6.07) is 23.9. The zero-order valence-corrected chi connectivity index (χ0v) is 17.0. The average molecular weight is 451 g/mol. The van der Waals surface area contributed by atoms with E-state index < -0.39 is 0 Å². The van der Waals surface area contributed by atoms with E-state index in [1.807, 2.05) is 42.5 Å². The lowest BCUT2D eigenvalue weighted by Crippen LogP contribution is -2.12. The molecule has 0 atom stereocenters. The maximum Gasteiger partial charge on any atom is 0.266 e. The topological polar surface area (TPSA) is 58.2 Å². The van der Waals surface area contributed by atoms with Gasteiger partial charge in [-0.2, -0.15) is 0 Å². The zero-order valence-electron chi connectivity index (χ0n) is 14.6. The number of nitrogens with one attached hydrogen (secondary N) is 2. The number of amides is 2. The molecule has 28 heavy (non-hydrogen) atoms. The van der Waals surface area contributed by atoms with Crippen LogP contribution in [0.2, 0.25) is 0 Å². The molecule has 0 fully saturated rings. The van der Waals surface area contributed by atoms with Gasteiger partial charge in [0.15, 0.2) is 0 Å². The highest BCUT2D eigenvalue weighted by Crippen LogP contribution is 2.35. The Balaban J connectivity index is 1.46. The van der Waals surface area contributed by atoms with Gasteiger partial charge in [-0.05, 0) is 58.4 Å². The largest absolute Gasteiger partial charge is 0.322 e. The number of hydrogen-bond acceptors (Lipinski definition) is 3. The van der Waals surface area contributed by atoms with Crippen LogP contribution in [0.3, 0.4) is 0 Å². The van der Waals surface area contributed by atoms with Gasteiger partial charge in [-0.15, -0.1) is 11.3 Å². The SMILES string of the molecule is O=C(Nc1ccc(NC(=O)c2sc3ccccc3c2Br)cc1)c1ccccc1. The first-order valence-corrected chi connectivity index (χ1v) is 10.2. The van der Waals surface area contributed by atoms with Gasteiger partial charge in [-0.3, -0.25) is 9.59 Å². The lowest BCUT2D eigenvalue weighted by molar-refractivity contribution is 0.102. The van der Waals surface area contributed by atoms with Crippen molar-refractivity contribution in [3.8, 4) is 0 Å². The number of thiophene rings is 1. The van der Waals surface area contributed by atoms with Gasteiger partial charge in [-0.1, -0.05) is 36.4 Å². The second kappa shape index (κ2) is 7.96. The molecule has 0 unspecified atom stereocenters. The molecule has 138 valence electrons. The molecule has 0 aliphatic heterocycles. The molecular weight excluding hydrogens is 436 g/mol. The molecule has 4 rings (SSSR count). The molecule has 0 aliphatic rings. The lowest BCUT2D eigenvalue weighted by Gasteiger charge is -2.08. The molecule has 0 saturated heterocycles. The zero-order chi connectivity index (χ0) is 19.5. The van der Waals surface area contributed by atoms with Crippen LogP contribution in [-0.4, -0.2) is 11.8 Å². The number of benzene rings is 3. The summed E-state index contributed by atoms with van der Waals surface area (Å²) >= 11 is 4.97. The van der Waals surface area contributed by atoms with E-state index in [0.717, 1.165) is 14.6 Å². The van der Waals surface area contributed by atoms with Crippen molar-refractivity contribution >= 4 is 60.5 Å². The minimum atomic E-state index is -0.174. The Kier molecular flexibility index (Phi) is 5.23. The van der Waals surface area contributed by atoms with Crippen LogP contribution in [-0.2, 0) is 0 Å². The Morgan fingerprint density at radius 1 is 0.714 bits per heavy atom. The van der Waals surface area contributed by atoms with Crippen LogP contribution in [0.1, 0.15) is 20.0 Å². The van der Waals surface area contributed by atoms with Gasteiger partial charge in [-0.25, -0.2) is 0 Å². The monoisotopic (exact) mass is 450 g/mol. The highest BCUT2D eigenvalue weighted by molar-refractivity contribution is 9.10. The summed E-state index contributed by atoms with van der Waals surface area (Å²) in [5, 5.41) is 6.77. The predicted octanol–water partition coefficient (Wildman–Crippen LogP) is 6.17. The van der Waals surface area contributed by atoms with E-state index in [-0.39, 0.29) is 11.8 Å². The molecule has 2 N–H and O–H groups in total. The summed E-state index contributed by atoms with van der Waals surface area (Å²) in [6.07, 6.45) is 0. The standard InChI is InChI=1S/C22H15BrN2O2S/c23-19-17-8-4-5-9-18(17)28-20(19)22(27)25-16-12-10-15(11-13-16)24-21(26)14-6-2-1-3-7-14/h1-13H,(H,24,26)(H,25,27). The molecule has 0 spiro atoms. The first kappa shape index (κ1) is 18.4. The molecule has 6 heteroatoms. The van der Waals surface area contributed by atoms with Crippen molar-refractivity contribution in [3.63, 3.8) is 0 Å². The fourth-order valence-electron chi connectivity index (χ4n) is 2.78. The van der Waals surface area contributed by atoms with Crippen molar-refractivity contribution in [3.05, 3.63) is 93.8 Å². The van der Waals surface area contributed by atoms with Gasteiger partial charge in [0.25, 0.3) is 11.8 Å². The third-order valence-electron chi connectivity index (χ3n) is 4.18. The smallest absolute Gasteiger partial charge is 0.266 e. The summed E-state index contributed by atoms with van der Waals surface area (Å²) in [6.45, 7) is 0. The first-order chi connectivity index (χ1) is 13.6. The van der Waals surface area contributed by atoms with Crippen LogP contribution >= 0.6 is 27.3 Å². The number of carbonyl (C=O) groups is 2. The van der Waals surface area contributed by atoms with Crippen molar-refractivity contribution in [1.29, 1.82) is 0 Å². The summed E-state index contributed by atoms with van der Waals surface area (Å²) in [5.41, 5.74) is 1.91. The third kappa shape index (κ3) is 3.83. The number of halogens is 1.